The fourth-order valence-electron chi connectivity index (χ4n) is 0.469. The lowest BCUT2D eigenvalue weighted by molar-refractivity contribution is 0.905. The normalized spacial score (nSPS) is 11.0. The summed E-state index contributed by atoms with van der Waals surface area (Å²) >= 11 is 0. The lowest BCUT2D eigenvalue weighted by Gasteiger charge is -1.94. The van der Waals surface area contributed by atoms with Crippen LogP contribution in [0, 0.1) is 10.8 Å². The molecule has 0 radical (unpaired) electrons. The molecule has 0 saturated heterocycles. The van der Waals surface area contributed by atoms with Crippen LogP contribution >= 0.6 is 0 Å². The Morgan fingerprint density at radius 1 is 1.56 bits per heavy atom. The molecule has 0 spiro atoms. The molecule has 0 saturated carbocycles. The van der Waals surface area contributed by atoms with Crippen LogP contribution in [0.2, 0.25) is 0 Å². The Bertz CT molecular complexity index is 126. The highest BCUT2D eigenvalue weighted by Gasteiger charge is 1.85. The standard InChI is InChI=1S/C6H11N3/c1-9-5-6(4-8)2-3-7/h2-4,7-9H,5H2,1H3. The Balaban J connectivity index is 3.80. The zero-order chi connectivity index (χ0) is 7.11. The fourth-order valence-corrected chi connectivity index (χ4v) is 0.469. The van der Waals surface area contributed by atoms with Gasteiger partial charge in [-0.25, -0.2) is 0 Å². The lowest BCUT2D eigenvalue weighted by atomic mass is 10.3. The molecule has 0 aliphatic rings. The van der Waals surface area contributed by atoms with Crippen LogP contribution in [0.25, 0.3) is 0 Å². The van der Waals surface area contributed by atoms with Gasteiger partial charge >= 0.3 is 0 Å². The average Bonchev–Trinajstić information content (AvgIpc) is 1.88. The van der Waals surface area contributed by atoms with E-state index in [9.17, 15) is 0 Å². The van der Waals surface area contributed by atoms with Crippen molar-refractivity contribution >= 4 is 12.4 Å². The Labute approximate surface area is 54.8 Å². The monoisotopic (exact) mass is 125 g/mol. The molecule has 50 valence electrons. The van der Waals surface area contributed by atoms with Gasteiger partial charge in [-0.15, -0.1) is 0 Å². The van der Waals surface area contributed by atoms with E-state index in [4.69, 9.17) is 10.8 Å². The van der Waals surface area contributed by atoms with E-state index >= 15 is 0 Å². The zero-order valence-corrected chi connectivity index (χ0v) is 5.44. The van der Waals surface area contributed by atoms with Gasteiger partial charge in [0.2, 0.25) is 0 Å². The molecule has 0 aromatic carbocycles. The van der Waals surface area contributed by atoms with Crippen molar-refractivity contribution in [1.82, 2.24) is 5.32 Å². The molecular weight excluding hydrogens is 114 g/mol. The summed E-state index contributed by atoms with van der Waals surface area (Å²) in [6, 6.07) is 0. The molecule has 3 nitrogen and oxygen atoms in total. The van der Waals surface area contributed by atoms with Crippen LogP contribution in [0.3, 0.4) is 0 Å². The molecule has 0 amide bonds. The average molecular weight is 125 g/mol. The van der Waals surface area contributed by atoms with Crippen molar-refractivity contribution in [2.45, 2.75) is 0 Å². The summed E-state index contributed by atoms with van der Waals surface area (Å²) in [5, 5.41) is 16.4. The van der Waals surface area contributed by atoms with Gasteiger partial charge in [-0.3, -0.25) is 0 Å². The highest BCUT2D eigenvalue weighted by molar-refractivity contribution is 5.84. The van der Waals surface area contributed by atoms with Crippen LogP contribution in [0.15, 0.2) is 11.6 Å². The molecule has 0 heterocycles. The van der Waals surface area contributed by atoms with Crippen molar-refractivity contribution in [1.29, 1.82) is 10.8 Å². The number of hydrogen-bond donors (Lipinski definition) is 3. The molecule has 0 atom stereocenters. The van der Waals surface area contributed by atoms with Crippen molar-refractivity contribution in [2.24, 2.45) is 0 Å². The summed E-state index contributed by atoms with van der Waals surface area (Å²) in [6.45, 7) is 0.652. The van der Waals surface area contributed by atoms with Gasteiger partial charge in [-0.05, 0) is 18.7 Å². The van der Waals surface area contributed by atoms with Crippen LogP contribution in [0.5, 0.6) is 0 Å². The molecule has 0 aliphatic heterocycles. The van der Waals surface area contributed by atoms with Gasteiger partial charge in [0.15, 0.2) is 0 Å². The van der Waals surface area contributed by atoms with Crippen LogP contribution in [0.4, 0.5) is 0 Å². The first-order valence-electron chi connectivity index (χ1n) is 2.70. The Hall–Kier alpha value is -0.960. The summed E-state index contributed by atoms with van der Waals surface area (Å²) < 4.78 is 0. The third kappa shape index (κ3) is 3.61. The van der Waals surface area contributed by atoms with E-state index in [1.165, 1.54) is 12.4 Å². The maximum atomic E-state index is 6.83. The second kappa shape index (κ2) is 5.18. The zero-order valence-electron chi connectivity index (χ0n) is 5.44. The number of rotatable bonds is 4. The van der Waals surface area contributed by atoms with Gasteiger partial charge in [0.05, 0.1) is 0 Å². The van der Waals surface area contributed by atoms with Crippen molar-refractivity contribution in [3.8, 4) is 0 Å². The molecule has 0 bridgehead atoms. The van der Waals surface area contributed by atoms with Crippen molar-refractivity contribution in [3.05, 3.63) is 11.6 Å². The fraction of sp³-hybridized carbons (Fsp3) is 0.333. The van der Waals surface area contributed by atoms with Crippen molar-refractivity contribution in [3.63, 3.8) is 0 Å². The molecule has 0 fully saturated rings. The van der Waals surface area contributed by atoms with Crippen LogP contribution in [0.1, 0.15) is 0 Å². The SMILES string of the molecule is CNCC(C=N)=CC=N. The Kier molecular flexibility index (Phi) is 4.63. The van der Waals surface area contributed by atoms with Crippen LogP contribution in [-0.2, 0) is 0 Å². The maximum absolute atomic E-state index is 6.83. The molecule has 9 heavy (non-hydrogen) atoms. The quantitative estimate of drug-likeness (QED) is 0.469. The van der Waals surface area contributed by atoms with E-state index < -0.39 is 0 Å². The molecule has 0 aliphatic carbocycles. The first kappa shape index (κ1) is 8.04. The van der Waals surface area contributed by atoms with Gasteiger partial charge in [-0.1, -0.05) is 0 Å². The minimum atomic E-state index is 0.652. The van der Waals surface area contributed by atoms with E-state index in [1.807, 2.05) is 0 Å². The minimum absolute atomic E-state index is 0.652. The third-order valence-electron chi connectivity index (χ3n) is 0.864. The minimum Gasteiger partial charge on any atom is -0.316 e. The second-order valence-corrected chi connectivity index (χ2v) is 1.58. The van der Waals surface area contributed by atoms with Crippen molar-refractivity contribution < 1.29 is 0 Å². The summed E-state index contributed by atoms with van der Waals surface area (Å²) in [6.07, 6.45) is 4.00. The van der Waals surface area contributed by atoms with E-state index in [2.05, 4.69) is 5.32 Å². The highest BCUT2D eigenvalue weighted by Crippen LogP contribution is 1.82. The molecule has 0 aromatic rings. The lowest BCUT2D eigenvalue weighted by Crippen LogP contribution is -2.10. The predicted octanol–water partition coefficient (Wildman–Crippen LogP) is 0.431. The molecule has 0 aromatic heterocycles. The molecule has 0 rings (SSSR count). The largest absolute Gasteiger partial charge is 0.316 e. The summed E-state index contributed by atoms with van der Waals surface area (Å²) in [5.74, 6) is 0. The van der Waals surface area contributed by atoms with E-state index in [1.54, 1.807) is 13.1 Å². The summed E-state index contributed by atoms with van der Waals surface area (Å²) in [7, 11) is 1.81. The number of nitrogens with one attached hydrogen (secondary N) is 3. The van der Waals surface area contributed by atoms with Gasteiger partial charge < -0.3 is 16.1 Å². The third-order valence-corrected chi connectivity index (χ3v) is 0.864. The van der Waals surface area contributed by atoms with E-state index in [-0.39, 0.29) is 0 Å². The van der Waals surface area contributed by atoms with E-state index in [0.717, 1.165) is 5.57 Å². The maximum Gasteiger partial charge on any atom is 0.0223 e. The van der Waals surface area contributed by atoms with Gasteiger partial charge in [-0.2, -0.15) is 0 Å². The van der Waals surface area contributed by atoms with Gasteiger partial charge in [0.25, 0.3) is 0 Å². The second-order valence-electron chi connectivity index (χ2n) is 1.58. The Morgan fingerprint density at radius 3 is 2.56 bits per heavy atom. The number of hydrogen-bond acceptors (Lipinski definition) is 3. The molecule has 0 unspecified atom stereocenters. The molecular formula is C6H11N3. The van der Waals surface area contributed by atoms with Crippen molar-refractivity contribution in [2.75, 3.05) is 13.6 Å². The number of likely N-dealkylation sites (N-methyl/N-ethyl adjacent to an activating group) is 1. The first-order chi connectivity index (χ1) is 4.35. The molecule has 3 heteroatoms. The van der Waals surface area contributed by atoms with Crippen LogP contribution in [-0.4, -0.2) is 26.0 Å². The highest BCUT2D eigenvalue weighted by atomic mass is 14.8. The summed E-state index contributed by atoms with van der Waals surface area (Å²) in [5.41, 5.74) is 0.813. The molecule has 3 N–H and O–H groups in total. The Morgan fingerprint density at radius 2 is 2.22 bits per heavy atom. The topological polar surface area (TPSA) is 59.7 Å². The van der Waals surface area contributed by atoms with Gasteiger partial charge in [0, 0.05) is 19.0 Å². The first-order valence-corrected chi connectivity index (χ1v) is 2.70. The van der Waals surface area contributed by atoms with Crippen LogP contribution < -0.4 is 5.32 Å². The summed E-state index contributed by atoms with van der Waals surface area (Å²) in [4.78, 5) is 0. The van der Waals surface area contributed by atoms with Gasteiger partial charge in [0.1, 0.15) is 0 Å². The predicted molar refractivity (Wildman–Crippen MR) is 39.6 cm³/mol. The number of allylic oxidation sites excluding steroid dienone is 1. The van der Waals surface area contributed by atoms with E-state index in [0.29, 0.717) is 6.54 Å². The smallest absolute Gasteiger partial charge is 0.0223 e.